The van der Waals surface area contributed by atoms with Crippen LogP contribution in [0.5, 0.6) is 0 Å². The fourth-order valence-corrected chi connectivity index (χ4v) is 1.09. The SMILES string of the molecule is Cc1cn(CC(C)C#N)c(=O)[nH]c1=O. The zero-order chi connectivity index (χ0) is 10.7. The Morgan fingerprint density at radius 2 is 2.29 bits per heavy atom. The molecule has 0 aromatic carbocycles. The van der Waals surface area contributed by atoms with E-state index >= 15 is 0 Å². The van der Waals surface area contributed by atoms with E-state index in [9.17, 15) is 9.59 Å². The molecule has 1 aromatic heterocycles. The van der Waals surface area contributed by atoms with Gasteiger partial charge in [-0.15, -0.1) is 0 Å². The van der Waals surface area contributed by atoms with Crippen molar-refractivity contribution >= 4 is 0 Å². The number of aryl methyl sites for hydroxylation is 1. The summed E-state index contributed by atoms with van der Waals surface area (Å²) in [5, 5.41) is 8.57. The van der Waals surface area contributed by atoms with Crippen LogP contribution in [-0.2, 0) is 6.54 Å². The second-order valence-corrected chi connectivity index (χ2v) is 3.25. The normalized spacial score (nSPS) is 12.1. The van der Waals surface area contributed by atoms with E-state index in [1.165, 1.54) is 10.8 Å². The van der Waals surface area contributed by atoms with Gasteiger partial charge in [-0.2, -0.15) is 5.26 Å². The predicted molar refractivity (Wildman–Crippen MR) is 50.8 cm³/mol. The van der Waals surface area contributed by atoms with Gasteiger partial charge in [-0.25, -0.2) is 4.79 Å². The topological polar surface area (TPSA) is 78.7 Å². The molecule has 0 aliphatic rings. The highest BCUT2D eigenvalue weighted by Crippen LogP contribution is 1.95. The molecule has 0 spiro atoms. The van der Waals surface area contributed by atoms with E-state index in [2.05, 4.69) is 4.98 Å². The van der Waals surface area contributed by atoms with Crippen LogP contribution in [0.1, 0.15) is 12.5 Å². The second kappa shape index (κ2) is 3.92. The van der Waals surface area contributed by atoms with E-state index in [1.54, 1.807) is 13.8 Å². The zero-order valence-electron chi connectivity index (χ0n) is 8.07. The fourth-order valence-electron chi connectivity index (χ4n) is 1.09. The molecule has 74 valence electrons. The van der Waals surface area contributed by atoms with Crippen molar-refractivity contribution < 1.29 is 0 Å². The number of hydrogen-bond acceptors (Lipinski definition) is 3. The minimum atomic E-state index is -0.470. The molecule has 0 saturated carbocycles. The van der Waals surface area contributed by atoms with Crippen LogP contribution in [0, 0.1) is 24.2 Å². The molecular weight excluding hydrogens is 182 g/mol. The number of aromatic amines is 1. The van der Waals surface area contributed by atoms with E-state index in [-0.39, 0.29) is 11.5 Å². The van der Waals surface area contributed by atoms with Gasteiger partial charge >= 0.3 is 5.69 Å². The van der Waals surface area contributed by atoms with Crippen molar-refractivity contribution in [2.24, 2.45) is 5.92 Å². The summed E-state index contributed by atoms with van der Waals surface area (Å²) < 4.78 is 1.34. The molecule has 0 aliphatic carbocycles. The van der Waals surface area contributed by atoms with Crippen molar-refractivity contribution in [2.45, 2.75) is 20.4 Å². The third-order valence-corrected chi connectivity index (χ3v) is 1.88. The van der Waals surface area contributed by atoms with E-state index in [0.29, 0.717) is 12.1 Å². The molecule has 0 fully saturated rings. The average molecular weight is 193 g/mol. The second-order valence-electron chi connectivity index (χ2n) is 3.25. The molecule has 1 aromatic rings. The maximum absolute atomic E-state index is 11.2. The molecule has 1 rings (SSSR count). The first-order chi connectivity index (χ1) is 6.54. The lowest BCUT2D eigenvalue weighted by Gasteiger charge is -2.06. The van der Waals surface area contributed by atoms with Crippen molar-refractivity contribution in [1.82, 2.24) is 9.55 Å². The Hall–Kier alpha value is -1.83. The number of nitrogens with zero attached hydrogens (tertiary/aromatic N) is 2. The van der Waals surface area contributed by atoms with Gasteiger partial charge < -0.3 is 0 Å². The molecule has 1 N–H and O–H groups in total. The summed E-state index contributed by atoms with van der Waals surface area (Å²) in [6.45, 7) is 3.63. The molecular formula is C9H11N3O2. The van der Waals surface area contributed by atoms with Gasteiger partial charge in [0.25, 0.3) is 5.56 Å². The maximum atomic E-state index is 11.2. The maximum Gasteiger partial charge on any atom is 0.328 e. The summed E-state index contributed by atoms with van der Waals surface area (Å²) >= 11 is 0. The molecule has 1 unspecified atom stereocenters. The minimum Gasteiger partial charge on any atom is -0.299 e. The van der Waals surface area contributed by atoms with E-state index in [4.69, 9.17) is 5.26 Å². The lowest BCUT2D eigenvalue weighted by atomic mass is 10.2. The van der Waals surface area contributed by atoms with Gasteiger partial charge in [0.15, 0.2) is 0 Å². The van der Waals surface area contributed by atoms with Crippen molar-refractivity contribution in [2.75, 3.05) is 0 Å². The number of aromatic nitrogens is 2. The minimum absolute atomic E-state index is 0.252. The predicted octanol–water partition coefficient (Wildman–Crippen LogP) is 0.00470. The van der Waals surface area contributed by atoms with Crippen molar-refractivity contribution in [1.29, 1.82) is 5.26 Å². The Balaban J connectivity index is 3.12. The largest absolute Gasteiger partial charge is 0.328 e. The van der Waals surface area contributed by atoms with Crippen LogP contribution >= 0.6 is 0 Å². The third-order valence-electron chi connectivity index (χ3n) is 1.88. The van der Waals surface area contributed by atoms with Gasteiger partial charge in [-0.3, -0.25) is 14.3 Å². The van der Waals surface area contributed by atoms with Gasteiger partial charge in [0.05, 0.1) is 12.0 Å². The van der Waals surface area contributed by atoms with Gasteiger partial charge in [-0.05, 0) is 13.8 Å². The Kier molecular flexibility index (Phi) is 2.87. The Morgan fingerprint density at radius 1 is 1.64 bits per heavy atom. The Morgan fingerprint density at radius 3 is 2.86 bits per heavy atom. The lowest BCUT2D eigenvalue weighted by Crippen LogP contribution is -2.32. The number of nitriles is 1. The lowest BCUT2D eigenvalue weighted by molar-refractivity contribution is 0.549. The first kappa shape index (κ1) is 10.3. The number of hydrogen-bond donors (Lipinski definition) is 1. The zero-order valence-corrected chi connectivity index (χ0v) is 8.07. The smallest absolute Gasteiger partial charge is 0.299 e. The molecule has 0 saturated heterocycles. The van der Waals surface area contributed by atoms with Crippen molar-refractivity contribution in [3.8, 4) is 6.07 Å². The van der Waals surface area contributed by atoms with Crippen molar-refractivity contribution in [3.63, 3.8) is 0 Å². The summed E-state index contributed by atoms with van der Waals surface area (Å²) in [6.07, 6.45) is 1.47. The standard InChI is InChI=1S/C9H11N3O2/c1-6(3-10)4-12-5-7(2)8(13)11-9(12)14/h5-6H,4H2,1-2H3,(H,11,13,14). The summed E-state index contributed by atoms with van der Waals surface area (Å²) in [7, 11) is 0. The third kappa shape index (κ3) is 2.10. The molecule has 0 aliphatic heterocycles. The van der Waals surface area contributed by atoms with Gasteiger partial charge in [0, 0.05) is 18.3 Å². The van der Waals surface area contributed by atoms with Crippen LogP contribution < -0.4 is 11.2 Å². The molecule has 0 bridgehead atoms. The molecule has 5 heteroatoms. The van der Waals surface area contributed by atoms with E-state index in [1.807, 2.05) is 6.07 Å². The highest BCUT2D eigenvalue weighted by Gasteiger charge is 2.04. The van der Waals surface area contributed by atoms with Crippen molar-refractivity contribution in [3.05, 3.63) is 32.6 Å². The van der Waals surface area contributed by atoms with Crippen LogP contribution in [0.25, 0.3) is 0 Å². The highest BCUT2D eigenvalue weighted by molar-refractivity contribution is 5.01. The fraction of sp³-hybridized carbons (Fsp3) is 0.444. The molecule has 5 nitrogen and oxygen atoms in total. The number of nitrogens with one attached hydrogen (secondary N) is 1. The summed E-state index contributed by atoms with van der Waals surface area (Å²) in [6, 6.07) is 2.02. The van der Waals surface area contributed by atoms with Crippen LogP contribution in [0.4, 0.5) is 0 Å². The molecule has 1 atom stereocenters. The Bertz CT molecular complexity index is 478. The quantitative estimate of drug-likeness (QED) is 0.718. The van der Waals surface area contributed by atoms with Gasteiger partial charge in [-0.1, -0.05) is 0 Å². The molecule has 0 amide bonds. The average Bonchev–Trinajstić information content (AvgIpc) is 2.14. The van der Waals surface area contributed by atoms with Crippen LogP contribution in [0.3, 0.4) is 0 Å². The Labute approximate surface area is 80.6 Å². The summed E-state index contributed by atoms with van der Waals surface area (Å²) in [4.78, 5) is 24.4. The van der Waals surface area contributed by atoms with Crippen LogP contribution in [0.15, 0.2) is 15.8 Å². The number of H-pyrrole nitrogens is 1. The van der Waals surface area contributed by atoms with E-state index in [0.717, 1.165) is 0 Å². The molecule has 14 heavy (non-hydrogen) atoms. The first-order valence-electron chi connectivity index (χ1n) is 4.24. The van der Waals surface area contributed by atoms with Gasteiger partial charge in [0.2, 0.25) is 0 Å². The molecule has 1 heterocycles. The molecule has 0 radical (unpaired) electrons. The summed E-state index contributed by atoms with van der Waals surface area (Å²) in [5.41, 5.74) is -0.381. The number of rotatable bonds is 2. The van der Waals surface area contributed by atoms with Crippen LogP contribution in [0.2, 0.25) is 0 Å². The van der Waals surface area contributed by atoms with Crippen LogP contribution in [-0.4, -0.2) is 9.55 Å². The van der Waals surface area contributed by atoms with E-state index < -0.39 is 5.69 Å². The monoisotopic (exact) mass is 193 g/mol. The van der Waals surface area contributed by atoms with Gasteiger partial charge in [0.1, 0.15) is 0 Å². The highest BCUT2D eigenvalue weighted by atomic mass is 16.2. The first-order valence-corrected chi connectivity index (χ1v) is 4.24. The summed E-state index contributed by atoms with van der Waals surface area (Å²) in [5.74, 6) is -0.252.